The standard InChI is InChI=1S/C7H7F4NO/c8-6(9)3-4(7(6,10)11)1-2-5(12)13/h1-2,4H,3H2,(H2,12,13). The predicted octanol–water partition coefficient (Wildman–Crippen LogP) is 1.32. The lowest BCUT2D eigenvalue weighted by molar-refractivity contribution is -0.301. The third-order valence-corrected chi connectivity index (χ3v) is 1.92. The monoisotopic (exact) mass is 197 g/mol. The van der Waals surface area contributed by atoms with Crippen molar-refractivity contribution >= 4 is 5.91 Å². The van der Waals surface area contributed by atoms with Crippen LogP contribution in [-0.2, 0) is 4.79 Å². The van der Waals surface area contributed by atoms with Crippen LogP contribution >= 0.6 is 0 Å². The minimum atomic E-state index is -4.06. The topological polar surface area (TPSA) is 43.1 Å². The molecule has 0 aromatic carbocycles. The fraction of sp³-hybridized carbons (Fsp3) is 0.571. The second kappa shape index (κ2) is 2.71. The van der Waals surface area contributed by atoms with Gasteiger partial charge < -0.3 is 5.73 Å². The van der Waals surface area contributed by atoms with Crippen LogP contribution < -0.4 is 5.73 Å². The highest BCUT2D eigenvalue weighted by molar-refractivity contribution is 5.85. The second-order valence-corrected chi connectivity index (χ2v) is 2.90. The Bertz CT molecular complexity index is 261. The summed E-state index contributed by atoms with van der Waals surface area (Å²) in [6.45, 7) is 0. The Morgan fingerprint density at radius 3 is 2.23 bits per heavy atom. The number of rotatable bonds is 2. The third kappa shape index (κ3) is 1.52. The highest BCUT2D eigenvalue weighted by Gasteiger charge is 2.70. The number of carbonyl (C=O) groups is 1. The molecular formula is C7H7F4NO. The van der Waals surface area contributed by atoms with Gasteiger partial charge in [-0.25, -0.2) is 0 Å². The summed E-state index contributed by atoms with van der Waals surface area (Å²) in [5, 5.41) is 0. The van der Waals surface area contributed by atoms with Crippen molar-refractivity contribution in [1.29, 1.82) is 0 Å². The van der Waals surface area contributed by atoms with Gasteiger partial charge in [-0.15, -0.1) is 0 Å². The molecule has 0 saturated heterocycles. The van der Waals surface area contributed by atoms with Gasteiger partial charge in [0.2, 0.25) is 5.91 Å². The van der Waals surface area contributed by atoms with E-state index in [-0.39, 0.29) is 0 Å². The molecule has 0 aromatic heterocycles. The van der Waals surface area contributed by atoms with Gasteiger partial charge in [0.05, 0.1) is 5.92 Å². The molecule has 0 spiro atoms. The molecule has 2 nitrogen and oxygen atoms in total. The number of nitrogens with two attached hydrogens (primary N) is 1. The normalized spacial score (nSPS) is 30.0. The van der Waals surface area contributed by atoms with Crippen LogP contribution in [0.15, 0.2) is 12.2 Å². The number of alkyl halides is 4. The molecule has 0 aliphatic heterocycles. The van der Waals surface area contributed by atoms with E-state index in [0.717, 1.165) is 6.08 Å². The summed E-state index contributed by atoms with van der Waals surface area (Å²) in [4.78, 5) is 10.1. The van der Waals surface area contributed by atoms with Crippen LogP contribution in [0.4, 0.5) is 17.6 Å². The molecule has 2 N–H and O–H groups in total. The van der Waals surface area contributed by atoms with Crippen LogP contribution in [0.2, 0.25) is 0 Å². The van der Waals surface area contributed by atoms with E-state index in [1.165, 1.54) is 0 Å². The maximum atomic E-state index is 12.5. The minimum Gasteiger partial charge on any atom is -0.366 e. The molecular weight excluding hydrogens is 190 g/mol. The molecule has 1 rings (SSSR count). The van der Waals surface area contributed by atoms with Gasteiger partial charge in [-0.1, -0.05) is 6.08 Å². The van der Waals surface area contributed by atoms with Gasteiger partial charge in [-0.3, -0.25) is 4.79 Å². The number of hydrogen-bond acceptors (Lipinski definition) is 1. The van der Waals surface area contributed by atoms with Gasteiger partial charge in [0.1, 0.15) is 0 Å². The van der Waals surface area contributed by atoms with E-state index in [9.17, 15) is 22.4 Å². The lowest BCUT2D eigenvalue weighted by atomic mass is 9.76. The SMILES string of the molecule is NC(=O)C=CC1CC(F)(F)C1(F)F. The highest BCUT2D eigenvalue weighted by atomic mass is 19.3. The van der Waals surface area contributed by atoms with Gasteiger partial charge in [-0.05, 0) is 6.08 Å². The average molecular weight is 197 g/mol. The van der Waals surface area contributed by atoms with E-state index < -0.39 is 30.1 Å². The number of allylic oxidation sites excluding steroid dienone is 1. The van der Waals surface area contributed by atoms with E-state index in [1.54, 1.807) is 0 Å². The molecule has 0 radical (unpaired) electrons. The summed E-state index contributed by atoms with van der Waals surface area (Å²) in [6.07, 6.45) is 0.456. The van der Waals surface area contributed by atoms with Crippen molar-refractivity contribution in [2.75, 3.05) is 0 Å². The Balaban J connectivity index is 2.65. The Morgan fingerprint density at radius 2 is 1.92 bits per heavy atom. The third-order valence-electron chi connectivity index (χ3n) is 1.92. The van der Waals surface area contributed by atoms with Crippen molar-refractivity contribution in [3.05, 3.63) is 12.2 Å². The lowest BCUT2D eigenvalue weighted by Gasteiger charge is -2.42. The summed E-state index contributed by atoms with van der Waals surface area (Å²) < 4.78 is 49.3. The van der Waals surface area contributed by atoms with Gasteiger partial charge >= 0.3 is 11.8 Å². The Kier molecular flexibility index (Phi) is 2.09. The van der Waals surface area contributed by atoms with E-state index in [1.807, 2.05) is 0 Å². The van der Waals surface area contributed by atoms with Crippen molar-refractivity contribution in [3.8, 4) is 0 Å². The van der Waals surface area contributed by atoms with Gasteiger partial charge in [0.25, 0.3) is 0 Å². The minimum absolute atomic E-state index is 0.674. The second-order valence-electron chi connectivity index (χ2n) is 2.90. The van der Waals surface area contributed by atoms with Gasteiger partial charge in [0.15, 0.2) is 0 Å². The maximum absolute atomic E-state index is 12.5. The Hall–Kier alpha value is -1.07. The van der Waals surface area contributed by atoms with Gasteiger partial charge in [0, 0.05) is 6.42 Å². The van der Waals surface area contributed by atoms with E-state index in [2.05, 4.69) is 5.73 Å². The summed E-state index contributed by atoms with van der Waals surface area (Å²) in [7, 11) is 0. The van der Waals surface area contributed by atoms with Crippen molar-refractivity contribution < 1.29 is 22.4 Å². The number of carbonyl (C=O) groups excluding carboxylic acids is 1. The lowest BCUT2D eigenvalue weighted by Crippen LogP contribution is -2.57. The molecule has 1 amide bonds. The molecule has 0 heterocycles. The molecule has 1 atom stereocenters. The Morgan fingerprint density at radius 1 is 1.38 bits per heavy atom. The zero-order valence-electron chi connectivity index (χ0n) is 6.44. The molecule has 1 saturated carbocycles. The highest BCUT2D eigenvalue weighted by Crippen LogP contribution is 2.55. The fourth-order valence-electron chi connectivity index (χ4n) is 1.08. The zero-order valence-corrected chi connectivity index (χ0v) is 6.44. The van der Waals surface area contributed by atoms with Crippen molar-refractivity contribution in [1.82, 2.24) is 0 Å². The quantitative estimate of drug-likeness (QED) is 0.526. The molecule has 1 aliphatic carbocycles. The molecule has 0 aromatic rings. The number of halogens is 4. The largest absolute Gasteiger partial charge is 0.366 e. The number of amides is 1. The van der Waals surface area contributed by atoms with Crippen LogP contribution in [0.25, 0.3) is 0 Å². The number of hydrogen-bond donors (Lipinski definition) is 1. The van der Waals surface area contributed by atoms with Crippen molar-refractivity contribution in [2.45, 2.75) is 18.3 Å². The maximum Gasteiger partial charge on any atom is 0.316 e. The van der Waals surface area contributed by atoms with Crippen molar-refractivity contribution in [3.63, 3.8) is 0 Å². The first-order chi connectivity index (χ1) is 5.77. The van der Waals surface area contributed by atoms with Gasteiger partial charge in [-0.2, -0.15) is 17.6 Å². The average Bonchev–Trinajstić information content (AvgIpc) is 1.97. The van der Waals surface area contributed by atoms with E-state index in [0.29, 0.717) is 6.08 Å². The first-order valence-electron chi connectivity index (χ1n) is 3.50. The summed E-state index contributed by atoms with van der Waals surface area (Å²) >= 11 is 0. The first-order valence-corrected chi connectivity index (χ1v) is 3.50. The van der Waals surface area contributed by atoms with Crippen LogP contribution in [-0.4, -0.2) is 17.8 Å². The van der Waals surface area contributed by atoms with Crippen LogP contribution in [0, 0.1) is 5.92 Å². The first kappa shape index (κ1) is 10.0. The molecule has 6 heteroatoms. The fourth-order valence-corrected chi connectivity index (χ4v) is 1.08. The van der Waals surface area contributed by atoms with Crippen molar-refractivity contribution in [2.24, 2.45) is 11.7 Å². The summed E-state index contributed by atoms with van der Waals surface area (Å²) in [5.74, 6) is -10.5. The van der Waals surface area contributed by atoms with Crippen LogP contribution in [0.3, 0.4) is 0 Å². The molecule has 1 unspecified atom stereocenters. The predicted molar refractivity (Wildman–Crippen MR) is 36.3 cm³/mol. The van der Waals surface area contributed by atoms with E-state index in [4.69, 9.17) is 0 Å². The smallest absolute Gasteiger partial charge is 0.316 e. The molecule has 0 bridgehead atoms. The molecule has 13 heavy (non-hydrogen) atoms. The van der Waals surface area contributed by atoms with E-state index >= 15 is 0 Å². The van der Waals surface area contributed by atoms with Crippen LogP contribution in [0.5, 0.6) is 0 Å². The summed E-state index contributed by atoms with van der Waals surface area (Å²) in [5.41, 5.74) is 4.62. The zero-order chi connectivity index (χ0) is 10.3. The molecule has 1 fully saturated rings. The molecule has 74 valence electrons. The van der Waals surface area contributed by atoms with Crippen LogP contribution in [0.1, 0.15) is 6.42 Å². The Labute approximate surface area is 71.4 Å². The number of primary amides is 1. The molecule has 1 aliphatic rings. The summed E-state index contributed by atoms with van der Waals surface area (Å²) in [6, 6.07) is 0.